The zero-order valence-corrected chi connectivity index (χ0v) is 9.36. The van der Waals surface area contributed by atoms with Crippen LogP contribution >= 0.6 is 0 Å². The summed E-state index contributed by atoms with van der Waals surface area (Å²) in [5.41, 5.74) is 1.12. The second-order valence-corrected chi connectivity index (χ2v) is 4.41. The number of aromatic carboxylic acids is 1. The third-order valence-electron chi connectivity index (χ3n) is 3.37. The minimum Gasteiger partial charge on any atom is -0.476 e. The quantitative estimate of drug-likeness (QED) is 0.799. The van der Waals surface area contributed by atoms with Crippen molar-refractivity contribution in [2.75, 3.05) is 11.9 Å². The van der Waals surface area contributed by atoms with Crippen molar-refractivity contribution in [2.45, 2.75) is 26.2 Å². The normalized spacial score (nSPS) is 16.8. The summed E-state index contributed by atoms with van der Waals surface area (Å²) in [6, 6.07) is 3.52. The molecule has 1 aromatic heterocycles. The predicted octanol–water partition coefficient (Wildman–Crippen LogP) is 2.38. The Bertz CT molecular complexity index is 400. The van der Waals surface area contributed by atoms with E-state index < -0.39 is 5.97 Å². The number of nitrogens with one attached hydrogen (secondary N) is 1. The molecule has 1 aliphatic carbocycles. The third kappa shape index (κ3) is 2.15. The van der Waals surface area contributed by atoms with Crippen molar-refractivity contribution in [3.8, 4) is 0 Å². The summed E-state index contributed by atoms with van der Waals surface area (Å²) in [5, 5.41) is 12.2. The highest BCUT2D eigenvalue weighted by Gasteiger charge is 2.40. The van der Waals surface area contributed by atoms with Crippen molar-refractivity contribution in [3.63, 3.8) is 0 Å². The van der Waals surface area contributed by atoms with Crippen LogP contribution in [0.15, 0.2) is 18.3 Å². The van der Waals surface area contributed by atoms with Crippen molar-refractivity contribution >= 4 is 11.7 Å². The minimum absolute atomic E-state index is 0.106. The maximum absolute atomic E-state index is 10.9. The van der Waals surface area contributed by atoms with E-state index in [4.69, 9.17) is 5.11 Å². The fraction of sp³-hybridized carbons (Fsp3) is 0.500. The summed E-state index contributed by atoms with van der Waals surface area (Å²) >= 11 is 0. The molecule has 0 unspecified atom stereocenters. The number of rotatable bonds is 5. The van der Waals surface area contributed by atoms with Gasteiger partial charge < -0.3 is 10.4 Å². The lowest BCUT2D eigenvalue weighted by Crippen LogP contribution is -2.16. The Morgan fingerprint density at radius 1 is 1.62 bits per heavy atom. The highest BCUT2D eigenvalue weighted by atomic mass is 16.4. The van der Waals surface area contributed by atoms with Gasteiger partial charge in [-0.3, -0.25) is 0 Å². The Kier molecular flexibility index (Phi) is 2.81. The van der Waals surface area contributed by atoms with Gasteiger partial charge >= 0.3 is 5.97 Å². The molecule has 0 radical (unpaired) electrons. The Labute approximate surface area is 94.7 Å². The highest BCUT2D eigenvalue weighted by Crippen LogP contribution is 2.48. The smallest absolute Gasteiger partial charge is 0.356 e. The molecular weight excluding hydrogens is 204 g/mol. The second-order valence-electron chi connectivity index (χ2n) is 4.41. The molecule has 1 saturated carbocycles. The van der Waals surface area contributed by atoms with Crippen molar-refractivity contribution < 1.29 is 9.90 Å². The summed E-state index contributed by atoms with van der Waals surface area (Å²) in [4.78, 5) is 14.8. The number of pyridine rings is 1. The van der Waals surface area contributed by atoms with Gasteiger partial charge in [-0.1, -0.05) is 6.92 Å². The van der Waals surface area contributed by atoms with E-state index in [0.717, 1.165) is 13.0 Å². The lowest BCUT2D eigenvalue weighted by atomic mass is 10.0. The van der Waals surface area contributed by atoms with Crippen molar-refractivity contribution in [3.05, 3.63) is 24.0 Å². The molecule has 0 atom stereocenters. The molecule has 0 aromatic carbocycles. The van der Waals surface area contributed by atoms with Crippen LogP contribution in [0.3, 0.4) is 0 Å². The molecule has 1 aliphatic rings. The van der Waals surface area contributed by atoms with Gasteiger partial charge in [0.25, 0.3) is 0 Å². The lowest BCUT2D eigenvalue weighted by Gasteiger charge is -2.15. The van der Waals surface area contributed by atoms with Crippen molar-refractivity contribution in [2.24, 2.45) is 5.41 Å². The predicted molar refractivity (Wildman–Crippen MR) is 61.6 cm³/mol. The number of aromatic nitrogens is 1. The van der Waals surface area contributed by atoms with E-state index in [-0.39, 0.29) is 5.69 Å². The van der Waals surface area contributed by atoms with E-state index >= 15 is 0 Å². The van der Waals surface area contributed by atoms with Gasteiger partial charge in [0, 0.05) is 12.7 Å². The Morgan fingerprint density at radius 2 is 2.38 bits per heavy atom. The summed E-state index contributed by atoms with van der Waals surface area (Å²) in [6.45, 7) is 3.02. The van der Waals surface area contributed by atoms with E-state index in [0.29, 0.717) is 11.1 Å². The molecule has 2 rings (SSSR count). The van der Waals surface area contributed by atoms with Gasteiger partial charge in [0.05, 0.1) is 5.69 Å². The van der Waals surface area contributed by atoms with Gasteiger partial charge in [-0.05, 0) is 36.8 Å². The second kappa shape index (κ2) is 4.12. The van der Waals surface area contributed by atoms with Gasteiger partial charge in [-0.2, -0.15) is 0 Å². The number of carboxylic acids is 1. The van der Waals surface area contributed by atoms with Crippen LogP contribution in [0.25, 0.3) is 0 Å². The van der Waals surface area contributed by atoms with E-state index in [1.54, 1.807) is 12.1 Å². The molecule has 0 saturated heterocycles. The van der Waals surface area contributed by atoms with Crippen LogP contribution in [0.2, 0.25) is 0 Å². The number of carbonyl (C=O) groups is 1. The van der Waals surface area contributed by atoms with Gasteiger partial charge in [0.1, 0.15) is 0 Å². The molecule has 4 nitrogen and oxygen atoms in total. The van der Waals surface area contributed by atoms with E-state index in [2.05, 4.69) is 17.2 Å². The van der Waals surface area contributed by atoms with Crippen LogP contribution in [0, 0.1) is 5.41 Å². The molecule has 1 fully saturated rings. The molecule has 1 heterocycles. The van der Waals surface area contributed by atoms with Crippen LogP contribution in [0.5, 0.6) is 0 Å². The number of hydrogen-bond acceptors (Lipinski definition) is 3. The van der Waals surface area contributed by atoms with Crippen LogP contribution in [-0.2, 0) is 0 Å². The standard InChI is InChI=1S/C12H16N2O2/c1-2-12(5-6-12)8-14-9-4-3-7-13-10(9)11(15)16/h3-4,7,14H,2,5-6,8H2,1H3,(H,15,16). The zero-order chi connectivity index (χ0) is 11.6. The fourth-order valence-electron chi connectivity index (χ4n) is 1.83. The van der Waals surface area contributed by atoms with Gasteiger partial charge in [-0.25, -0.2) is 9.78 Å². The Morgan fingerprint density at radius 3 is 2.94 bits per heavy atom. The average molecular weight is 220 g/mol. The molecule has 0 spiro atoms. The minimum atomic E-state index is -0.982. The number of anilines is 1. The molecule has 2 N–H and O–H groups in total. The number of hydrogen-bond donors (Lipinski definition) is 2. The maximum Gasteiger partial charge on any atom is 0.356 e. The summed E-state index contributed by atoms with van der Waals surface area (Å²) in [5.74, 6) is -0.982. The van der Waals surface area contributed by atoms with Crippen LogP contribution < -0.4 is 5.32 Å². The molecule has 0 amide bonds. The zero-order valence-electron chi connectivity index (χ0n) is 9.36. The first-order valence-corrected chi connectivity index (χ1v) is 5.59. The molecule has 0 bridgehead atoms. The Hall–Kier alpha value is -1.58. The highest BCUT2D eigenvalue weighted by molar-refractivity contribution is 5.91. The number of nitrogens with zero attached hydrogens (tertiary/aromatic N) is 1. The van der Waals surface area contributed by atoms with Gasteiger partial charge in [0.15, 0.2) is 5.69 Å². The molecule has 4 heteroatoms. The van der Waals surface area contributed by atoms with Crippen molar-refractivity contribution in [1.82, 2.24) is 4.98 Å². The van der Waals surface area contributed by atoms with Gasteiger partial charge in [-0.15, -0.1) is 0 Å². The largest absolute Gasteiger partial charge is 0.476 e. The summed E-state index contributed by atoms with van der Waals surface area (Å²) in [7, 11) is 0. The summed E-state index contributed by atoms with van der Waals surface area (Å²) < 4.78 is 0. The molecule has 86 valence electrons. The van der Waals surface area contributed by atoms with Crippen molar-refractivity contribution in [1.29, 1.82) is 0 Å². The topological polar surface area (TPSA) is 62.2 Å². The van der Waals surface area contributed by atoms with E-state index in [1.807, 2.05) is 0 Å². The third-order valence-corrected chi connectivity index (χ3v) is 3.37. The molecular formula is C12H16N2O2. The first kappa shape index (κ1) is 10.9. The summed E-state index contributed by atoms with van der Waals surface area (Å²) in [6.07, 6.45) is 5.11. The maximum atomic E-state index is 10.9. The molecule has 0 aliphatic heterocycles. The van der Waals surface area contributed by atoms with Crippen LogP contribution in [0.4, 0.5) is 5.69 Å². The SMILES string of the molecule is CCC1(CNc2cccnc2C(=O)O)CC1. The van der Waals surface area contributed by atoms with Crippen LogP contribution in [-0.4, -0.2) is 22.6 Å². The average Bonchev–Trinajstić information content (AvgIpc) is 3.07. The monoisotopic (exact) mass is 220 g/mol. The molecule has 1 aromatic rings. The van der Waals surface area contributed by atoms with Crippen LogP contribution in [0.1, 0.15) is 36.7 Å². The van der Waals surface area contributed by atoms with Gasteiger partial charge in [0.2, 0.25) is 0 Å². The van der Waals surface area contributed by atoms with E-state index in [1.165, 1.54) is 19.0 Å². The Balaban J connectivity index is 2.06. The first-order chi connectivity index (χ1) is 7.67. The first-order valence-electron chi connectivity index (χ1n) is 5.59. The molecule has 16 heavy (non-hydrogen) atoms. The fourth-order valence-corrected chi connectivity index (χ4v) is 1.83. The van der Waals surface area contributed by atoms with E-state index in [9.17, 15) is 4.79 Å². The number of carboxylic acid groups (broad SMARTS) is 1. The lowest BCUT2D eigenvalue weighted by molar-refractivity contribution is 0.0691.